The van der Waals surface area contributed by atoms with Crippen molar-refractivity contribution in [1.82, 2.24) is 5.32 Å². The monoisotopic (exact) mass is 279 g/mol. The smallest absolute Gasteiger partial charge is 0.0992 e. The summed E-state index contributed by atoms with van der Waals surface area (Å²) in [6.07, 6.45) is 2.50. The van der Waals surface area contributed by atoms with Crippen molar-refractivity contribution in [2.45, 2.75) is 18.9 Å². The predicted octanol–water partition coefficient (Wildman–Crippen LogP) is 2.48. The van der Waals surface area contributed by atoms with Gasteiger partial charge in [0.2, 0.25) is 0 Å². The van der Waals surface area contributed by atoms with Gasteiger partial charge in [0.15, 0.2) is 0 Å². The van der Waals surface area contributed by atoms with Crippen LogP contribution in [0.1, 0.15) is 18.4 Å². The Morgan fingerprint density at radius 2 is 2.44 bits per heavy atom. The molecule has 2 N–H and O–H groups in total. The minimum atomic E-state index is 0.572. The number of halogens is 1. The maximum absolute atomic E-state index is 8.75. The van der Waals surface area contributed by atoms with Crippen LogP contribution < -0.4 is 10.6 Å². The van der Waals surface area contributed by atoms with Crippen LogP contribution in [-0.2, 0) is 0 Å². The minimum Gasteiger partial charge on any atom is -0.383 e. The Morgan fingerprint density at radius 1 is 1.56 bits per heavy atom. The van der Waals surface area contributed by atoms with Crippen molar-refractivity contribution in [3.05, 3.63) is 28.2 Å². The molecule has 16 heavy (non-hydrogen) atoms. The zero-order valence-electron chi connectivity index (χ0n) is 8.96. The highest BCUT2D eigenvalue weighted by Crippen LogP contribution is 2.23. The third-order valence-corrected chi connectivity index (χ3v) is 3.46. The number of hydrogen-bond acceptors (Lipinski definition) is 3. The first-order valence-electron chi connectivity index (χ1n) is 5.46. The Kier molecular flexibility index (Phi) is 3.81. The van der Waals surface area contributed by atoms with Gasteiger partial charge in [-0.25, -0.2) is 0 Å². The summed E-state index contributed by atoms with van der Waals surface area (Å²) in [5, 5.41) is 15.6. The average Bonchev–Trinajstić information content (AvgIpc) is 2.80. The first-order valence-corrected chi connectivity index (χ1v) is 6.26. The van der Waals surface area contributed by atoms with Crippen LogP contribution >= 0.6 is 15.9 Å². The van der Waals surface area contributed by atoms with Gasteiger partial charge in [0, 0.05) is 22.7 Å². The van der Waals surface area contributed by atoms with Crippen LogP contribution in [0.2, 0.25) is 0 Å². The maximum atomic E-state index is 8.75. The summed E-state index contributed by atoms with van der Waals surface area (Å²) in [6.45, 7) is 2.06. The lowest BCUT2D eigenvalue weighted by Crippen LogP contribution is -2.29. The zero-order chi connectivity index (χ0) is 11.4. The Morgan fingerprint density at radius 3 is 3.06 bits per heavy atom. The molecule has 1 aromatic rings. The standard InChI is InChI=1S/C12H14BrN3/c13-11-6-9(7-14)3-4-12(11)16-8-10-2-1-5-15-10/h3-4,6,10,15-16H,1-2,5,8H2. The molecule has 0 radical (unpaired) electrons. The topological polar surface area (TPSA) is 47.9 Å². The Bertz CT molecular complexity index is 405. The van der Waals surface area contributed by atoms with Crippen LogP contribution in [0.25, 0.3) is 0 Å². The van der Waals surface area contributed by atoms with Crippen molar-refractivity contribution >= 4 is 21.6 Å². The molecule has 1 saturated heterocycles. The highest BCUT2D eigenvalue weighted by Gasteiger charge is 2.13. The molecule has 0 saturated carbocycles. The molecule has 1 unspecified atom stereocenters. The molecule has 0 bridgehead atoms. The molecule has 1 fully saturated rings. The van der Waals surface area contributed by atoms with E-state index in [1.165, 1.54) is 12.8 Å². The quantitative estimate of drug-likeness (QED) is 0.894. The average molecular weight is 280 g/mol. The number of nitrogens with one attached hydrogen (secondary N) is 2. The van der Waals surface area contributed by atoms with Gasteiger partial charge in [-0.15, -0.1) is 0 Å². The normalized spacial score (nSPS) is 19.4. The molecule has 0 aliphatic carbocycles. The second-order valence-corrected chi connectivity index (χ2v) is 4.83. The maximum Gasteiger partial charge on any atom is 0.0992 e. The molecule has 3 nitrogen and oxygen atoms in total. The van der Waals surface area contributed by atoms with E-state index in [-0.39, 0.29) is 0 Å². The first-order chi connectivity index (χ1) is 7.79. The fraction of sp³-hybridized carbons (Fsp3) is 0.417. The van der Waals surface area contributed by atoms with Crippen LogP contribution in [0.5, 0.6) is 0 Å². The lowest BCUT2D eigenvalue weighted by Gasteiger charge is -2.13. The van der Waals surface area contributed by atoms with Gasteiger partial charge in [0.1, 0.15) is 0 Å². The number of nitrogens with zero attached hydrogens (tertiary/aromatic N) is 1. The van der Waals surface area contributed by atoms with Crippen molar-refractivity contribution in [3.63, 3.8) is 0 Å². The van der Waals surface area contributed by atoms with E-state index in [0.717, 1.165) is 23.2 Å². The fourth-order valence-electron chi connectivity index (χ4n) is 1.89. The second-order valence-electron chi connectivity index (χ2n) is 3.98. The lowest BCUT2D eigenvalue weighted by molar-refractivity contribution is 0.633. The van der Waals surface area contributed by atoms with E-state index in [2.05, 4.69) is 32.6 Å². The number of anilines is 1. The number of rotatable bonds is 3. The van der Waals surface area contributed by atoms with Gasteiger partial charge >= 0.3 is 0 Å². The predicted molar refractivity (Wildman–Crippen MR) is 68.4 cm³/mol. The highest BCUT2D eigenvalue weighted by molar-refractivity contribution is 9.10. The summed E-state index contributed by atoms with van der Waals surface area (Å²) >= 11 is 3.46. The largest absolute Gasteiger partial charge is 0.383 e. The van der Waals surface area contributed by atoms with Gasteiger partial charge in [0.25, 0.3) is 0 Å². The Hall–Kier alpha value is -1.05. The third-order valence-electron chi connectivity index (χ3n) is 2.80. The van der Waals surface area contributed by atoms with E-state index in [1.54, 1.807) is 0 Å². The van der Waals surface area contributed by atoms with Crippen molar-refractivity contribution in [2.24, 2.45) is 0 Å². The van der Waals surface area contributed by atoms with Crippen molar-refractivity contribution < 1.29 is 0 Å². The SMILES string of the molecule is N#Cc1ccc(NCC2CCCN2)c(Br)c1. The molecular formula is C12H14BrN3. The van der Waals surface area contributed by atoms with Gasteiger partial charge < -0.3 is 10.6 Å². The van der Waals surface area contributed by atoms with Crippen molar-refractivity contribution in [3.8, 4) is 6.07 Å². The third kappa shape index (κ3) is 2.75. The molecule has 1 aliphatic rings. The molecule has 0 amide bonds. The summed E-state index contributed by atoms with van der Waals surface area (Å²) in [5.74, 6) is 0. The van der Waals surface area contributed by atoms with Crippen molar-refractivity contribution in [1.29, 1.82) is 5.26 Å². The van der Waals surface area contributed by atoms with Gasteiger partial charge in [0.05, 0.1) is 11.6 Å². The summed E-state index contributed by atoms with van der Waals surface area (Å²) in [5.41, 5.74) is 1.73. The van der Waals surface area contributed by atoms with Crippen LogP contribution in [0.15, 0.2) is 22.7 Å². The number of nitriles is 1. The molecule has 1 heterocycles. The molecule has 0 aromatic heterocycles. The van der Waals surface area contributed by atoms with E-state index >= 15 is 0 Å². The molecule has 1 aliphatic heterocycles. The molecule has 1 aromatic carbocycles. The molecular weight excluding hydrogens is 266 g/mol. The molecule has 2 rings (SSSR count). The van der Waals surface area contributed by atoms with Crippen LogP contribution in [0, 0.1) is 11.3 Å². The van der Waals surface area contributed by atoms with Crippen molar-refractivity contribution in [2.75, 3.05) is 18.4 Å². The molecule has 0 spiro atoms. The first kappa shape index (κ1) is 11.4. The van der Waals surface area contributed by atoms with Gasteiger partial charge in [-0.05, 0) is 53.5 Å². The Balaban J connectivity index is 1.96. The highest BCUT2D eigenvalue weighted by atomic mass is 79.9. The molecule has 1 atom stereocenters. The lowest BCUT2D eigenvalue weighted by atomic mass is 10.2. The van der Waals surface area contributed by atoms with E-state index in [9.17, 15) is 0 Å². The van der Waals surface area contributed by atoms with E-state index in [4.69, 9.17) is 5.26 Å². The van der Waals surface area contributed by atoms with E-state index in [0.29, 0.717) is 11.6 Å². The second kappa shape index (κ2) is 5.33. The van der Waals surface area contributed by atoms with E-state index in [1.807, 2.05) is 18.2 Å². The minimum absolute atomic E-state index is 0.572. The summed E-state index contributed by atoms with van der Waals surface area (Å²) in [4.78, 5) is 0. The van der Waals surface area contributed by atoms with Gasteiger partial charge in [-0.1, -0.05) is 0 Å². The number of hydrogen-bond donors (Lipinski definition) is 2. The summed E-state index contributed by atoms with van der Waals surface area (Å²) in [7, 11) is 0. The molecule has 4 heteroatoms. The van der Waals surface area contributed by atoms with Gasteiger partial charge in [-0.2, -0.15) is 5.26 Å². The van der Waals surface area contributed by atoms with Gasteiger partial charge in [-0.3, -0.25) is 0 Å². The number of benzene rings is 1. The zero-order valence-corrected chi connectivity index (χ0v) is 10.5. The van der Waals surface area contributed by atoms with Crippen LogP contribution in [0.4, 0.5) is 5.69 Å². The van der Waals surface area contributed by atoms with Crippen LogP contribution in [-0.4, -0.2) is 19.1 Å². The van der Waals surface area contributed by atoms with Crippen LogP contribution in [0.3, 0.4) is 0 Å². The summed E-state index contributed by atoms with van der Waals surface area (Å²) < 4.78 is 0.949. The molecule has 84 valence electrons. The summed E-state index contributed by atoms with van der Waals surface area (Å²) in [6, 6.07) is 8.30. The van der Waals surface area contributed by atoms with E-state index < -0.39 is 0 Å². The fourth-order valence-corrected chi connectivity index (χ4v) is 2.41. The Labute approximate surface area is 104 Å².